The van der Waals surface area contributed by atoms with Crippen LogP contribution in [0.1, 0.15) is 32.3 Å². The molecule has 0 spiro atoms. The van der Waals surface area contributed by atoms with Crippen molar-refractivity contribution >= 4 is 27.5 Å². The van der Waals surface area contributed by atoms with E-state index in [9.17, 15) is 22.4 Å². The fraction of sp³-hybridized carbons (Fsp3) is 0.333. The Labute approximate surface area is 239 Å². The standard InChI is InChI=1S/C30H34FN3O6S/c1-3-16-32-30(36)26(4-2)33(20-22-8-6-5-7-9-22)29(35)21-34(24-12-10-23(31)11-13-24)41(37,38)25-14-15-27-28(19-25)40-18-17-39-27/h5-15,19,26H,3-4,16-18,20-21H2,1-2H3,(H,32,36)/t26-/m1/s1. The first-order chi connectivity index (χ1) is 19.7. The van der Waals surface area contributed by atoms with Crippen molar-refractivity contribution in [2.45, 2.75) is 44.2 Å². The van der Waals surface area contributed by atoms with Crippen molar-refractivity contribution in [3.8, 4) is 11.5 Å². The molecule has 0 saturated heterocycles. The highest BCUT2D eigenvalue weighted by Gasteiger charge is 2.34. The lowest BCUT2D eigenvalue weighted by Crippen LogP contribution is -2.52. The van der Waals surface area contributed by atoms with Crippen molar-refractivity contribution in [2.75, 3.05) is 30.6 Å². The number of rotatable bonds is 12. The van der Waals surface area contributed by atoms with Gasteiger partial charge in [-0.15, -0.1) is 0 Å². The van der Waals surface area contributed by atoms with Gasteiger partial charge >= 0.3 is 0 Å². The molecule has 218 valence electrons. The SMILES string of the molecule is CCCNC(=O)[C@@H](CC)N(Cc1ccccc1)C(=O)CN(c1ccc(F)cc1)S(=O)(=O)c1ccc2c(c1)OCCO2. The van der Waals surface area contributed by atoms with Gasteiger partial charge in [-0.2, -0.15) is 0 Å². The molecule has 0 fully saturated rings. The molecule has 41 heavy (non-hydrogen) atoms. The predicted molar refractivity (Wildman–Crippen MR) is 153 cm³/mol. The van der Waals surface area contributed by atoms with Crippen molar-refractivity contribution in [2.24, 2.45) is 0 Å². The zero-order valence-corrected chi connectivity index (χ0v) is 23.9. The maximum Gasteiger partial charge on any atom is 0.264 e. The van der Waals surface area contributed by atoms with Crippen molar-refractivity contribution in [1.29, 1.82) is 0 Å². The second-order valence-electron chi connectivity index (χ2n) is 9.52. The van der Waals surface area contributed by atoms with Crippen LogP contribution in [0.3, 0.4) is 0 Å². The average Bonchev–Trinajstić information content (AvgIpc) is 2.99. The van der Waals surface area contributed by atoms with E-state index in [0.29, 0.717) is 25.3 Å². The summed E-state index contributed by atoms with van der Waals surface area (Å²) in [5.41, 5.74) is 0.878. The van der Waals surface area contributed by atoms with Gasteiger partial charge in [0.1, 0.15) is 31.6 Å². The Balaban J connectivity index is 1.72. The van der Waals surface area contributed by atoms with Crippen LogP contribution >= 0.6 is 0 Å². The summed E-state index contributed by atoms with van der Waals surface area (Å²) in [4.78, 5) is 28.4. The minimum Gasteiger partial charge on any atom is -0.486 e. The van der Waals surface area contributed by atoms with Gasteiger partial charge in [-0.3, -0.25) is 13.9 Å². The molecular weight excluding hydrogens is 549 g/mol. The Morgan fingerprint density at radius 3 is 2.29 bits per heavy atom. The number of nitrogens with one attached hydrogen (secondary N) is 1. The van der Waals surface area contributed by atoms with Crippen LogP contribution in [0.5, 0.6) is 11.5 Å². The van der Waals surface area contributed by atoms with Gasteiger partial charge in [-0.1, -0.05) is 44.2 Å². The molecule has 0 aliphatic carbocycles. The minimum atomic E-state index is -4.34. The molecule has 0 saturated carbocycles. The van der Waals surface area contributed by atoms with Crippen LogP contribution in [0.4, 0.5) is 10.1 Å². The summed E-state index contributed by atoms with van der Waals surface area (Å²) < 4.78 is 53.9. The molecule has 0 radical (unpaired) electrons. The van der Waals surface area contributed by atoms with E-state index in [4.69, 9.17) is 9.47 Å². The third-order valence-corrected chi connectivity index (χ3v) is 8.40. The van der Waals surface area contributed by atoms with Gasteiger partial charge in [0.05, 0.1) is 10.6 Å². The largest absolute Gasteiger partial charge is 0.486 e. The van der Waals surface area contributed by atoms with Crippen LogP contribution < -0.4 is 19.1 Å². The predicted octanol–water partition coefficient (Wildman–Crippen LogP) is 4.13. The number of carbonyl (C=O) groups excluding carboxylic acids is 2. The second kappa shape index (κ2) is 13.5. The molecule has 3 aromatic carbocycles. The Morgan fingerprint density at radius 2 is 1.63 bits per heavy atom. The van der Waals surface area contributed by atoms with E-state index in [1.165, 1.54) is 35.2 Å². The Hall–Kier alpha value is -4.12. The van der Waals surface area contributed by atoms with Gasteiger partial charge in [-0.25, -0.2) is 12.8 Å². The molecule has 2 amide bonds. The Morgan fingerprint density at radius 1 is 0.951 bits per heavy atom. The first kappa shape index (κ1) is 29.9. The van der Waals surface area contributed by atoms with E-state index in [-0.39, 0.29) is 35.4 Å². The molecule has 4 rings (SSSR count). The number of fused-ring (bicyclic) bond motifs is 1. The maximum absolute atomic E-state index is 14.0. The molecule has 1 N–H and O–H groups in total. The highest BCUT2D eigenvalue weighted by molar-refractivity contribution is 7.92. The van der Waals surface area contributed by atoms with Gasteiger partial charge in [-0.05, 0) is 54.8 Å². The molecule has 3 aromatic rings. The maximum atomic E-state index is 14.0. The van der Waals surface area contributed by atoms with E-state index >= 15 is 0 Å². The normalized spacial score (nSPS) is 13.2. The quantitative estimate of drug-likeness (QED) is 0.344. The van der Waals surface area contributed by atoms with Crippen LogP contribution in [0.2, 0.25) is 0 Å². The molecule has 1 atom stereocenters. The molecule has 0 aromatic heterocycles. The smallest absolute Gasteiger partial charge is 0.264 e. The van der Waals surface area contributed by atoms with Crippen molar-refractivity contribution < 1.29 is 31.9 Å². The first-order valence-electron chi connectivity index (χ1n) is 13.5. The Bertz CT molecular complexity index is 1450. The van der Waals surface area contributed by atoms with Crippen LogP contribution in [-0.4, -0.2) is 57.5 Å². The van der Waals surface area contributed by atoms with Crippen LogP contribution in [0.15, 0.2) is 77.7 Å². The lowest BCUT2D eigenvalue weighted by Gasteiger charge is -2.33. The number of halogens is 1. The summed E-state index contributed by atoms with van der Waals surface area (Å²) in [6.07, 6.45) is 1.04. The van der Waals surface area contributed by atoms with Gasteiger partial charge < -0.3 is 19.7 Å². The highest BCUT2D eigenvalue weighted by atomic mass is 32.2. The highest BCUT2D eigenvalue weighted by Crippen LogP contribution is 2.34. The molecule has 1 heterocycles. The van der Waals surface area contributed by atoms with Crippen molar-refractivity contribution in [1.82, 2.24) is 10.2 Å². The van der Waals surface area contributed by atoms with E-state index in [0.717, 1.165) is 28.4 Å². The number of benzene rings is 3. The van der Waals surface area contributed by atoms with E-state index in [2.05, 4.69) is 5.32 Å². The second-order valence-corrected chi connectivity index (χ2v) is 11.4. The molecule has 9 nitrogen and oxygen atoms in total. The van der Waals surface area contributed by atoms with Crippen LogP contribution in [0, 0.1) is 5.82 Å². The summed E-state index contributed by atoms with van der Waals surface area (Å²) >= 11 is 0. The summed E-state index contributed by atoms with van der Waals surface area (Å²) in [6, 6.07) is 17.4. The zero-order chi connectivity index (χ0) is 29.4. The summed E-state index contributed by atoms with van der Waals surface area (Å²) in [7, 11) is -4.34. The van der Waals surface area contributed by atoms with Gasteiger partial charge in [0.2, 0.25) is 11.8 Å². The van der Waals surface area contributed by atoms with E-state index in [1.807, 2.05) is 37.3 Å². The molecule has 1 aliphatic rings. The fourth-order valence-corrected chi connectivity index (χ4v) is 5.94. The lowest BCUT2D eigenvalue weighted by molar-refractivity contribution is -0.140. The number of hydrogen-bond acceptors (Lipinski definition) is 6. The number of hydrogen-bond donors (Lipinski definition) is 1. The third-order valence-electron chi connectivity index (χ3n) is 6.63. The molecule has 0 unspecified atom stereocenters. The van der Waals surface area contributed by atoms with Crippen LogP contribution in [-0.2, 0) is 26.2 Å². The van der Waals surface area contributed by atoms with E-state index in [1.54, 1.807) is 6.92 Å². The first-order valence-corrected chi connectivity index (χ1v) is 15.0. The molecule has 1 aliphatic heterocycles. The molecule has 11 heteroatoms. The molecular formula is C30H34FN3O6S. The van der Waals surface area contributed by atoms with E-state index < -0.39 is 34.3 Å². The number of anilines is 1. The fourth-order valence-electron chi connectivity index (χ4n) is 4.51. The minimum absolute atomic E-state index is 0.0952. The number of amides is 2. The van der Waals surface area contributed by atoms with Crippen molar-refractivity contribution in [3.05, 3.63) is 84.2 Å². The van der Waals surface area contributed by atoms with Gasteiger partial charge in [0.25, 0.3) is 10.0 Å². The third kappa shape index (κ3) is 7.15. The number of ether oxygens (including phenoxy) is 2. The van der Waals surface area contributed by atoms with Gasteiger partial charge in [0, 0.05) is 19.2 Å². The topological polar surface area (TPSA) is 105 Å². The summed E-state index contributed by atoms with van der Waals surface area (Å²) in [6.45, 7) is 4.26. The summed E-state index contributed by atoms with van der Waals surface area (Å²) in [5.74, 6) is -0.773. The molecule has 0 bridgehead atoms. The zero-order valence-electron chi connectivity index (χ0n) is 23.1. The lowest BCUT2D eigenvalue weighted by atomic mass is 10.1. The van der Waals surface area contributed by atoms with Crippen LogP contribution in [0.25, 0.3) is 0 Å². The van der Waals surface area contributed by atoms with Crippen molar-refractivity contribution in [3.63, 3.8) is 0 Å². The number of nitrogens with zero attached hydrogens (tertiary/aromatic N) is 2. The Kier molecular flexibility index (Phi) is 9.82. The van der Waals surface area contributed by atoms with Gasteiger partial charge in [0.15, 0.2) is 11.5 Å². The monoisotopic (exact) mass is 583 g/mol. The number of carbonyl (C=O) groups is 2. The average molecular weight is 584 g/mol. The number of sulfonamides is 1. The summed E-state index contributed by atoms with van der Waals surface area (Å²) in [5, 5.41) is 2.85.